The average Bonchev–Trinajstić information content (AvgIpc) is 3.17. The van der Waals surface area contributed by atoms with E-state index in [0.29, 0.717) is 29.6 Å². The van der Waals surface area contributed by atoms with Gasteiger partial charge in [0.1, 0.15) is 6.04 Å². The van der Waals surface area contributed by atoms with E-state index in [1.165, 1.54) is 0 Å². The third-order valence-corrected chi connectivity index (χ3v) is 5.01. The van der Waals surface area contributed by atoms with Gasteiger partial charge in [-0.15, -0.1) is 0 Å². The Morgan fingerprint density at radius 1 is 1.18 bits per heavy atom. The number of hydrogen-bond donors (Lipinski definition) is 1. The molecule has 6 heteroatoms. The van der Waals surface area contributed by atoms with Crippen LogP contribution in [0.25, 0.3) is 11.4 Å². The lowest BCUT2D eigenvalue weighted by Crippen LogP contribution is -2.32. The predicted octanol–water partition coefficient (Wildman–Crippen LogP) is 5.14. The third-order valence-electron chi connectivity index (χ3n) is 4.60. The van der Waals surface area contributed by atoms with E-state index in [0.717, 1.165) is 16.7 Å². The van der Waals surface area contributed by atoms with Crippen LogP contribution in [0.1, 0.15) is 43.3 Å². The molecule has 0 bridgehead atoms. The van der Waals surface area contributed by atoms with Crippen LogP contribution in [0.15, 0.2) is 53.1 Å². The Labute approximate surface area is 170 Å². The normalized spacial score (nSPS) is 12.2. The van der Waals surface area contributed by atoms with Gasteiger partial charge in [-0.3, -0.25) is 4.79 Å². The van der Waals surface area contributed by atoms with E-state index in [1.807, 2.05) is 69.3 Å². The van der Waals surface area contributed by atoms with Crippen LogP contribution < -0.4 is 5.32 Å². The minimum absolute atomic E-state index is 0.0410. The highest BCUT2D eigenvalue weighted by molar-refractivity contribution is 6.31. The number of nitrogens with zero attached hydrogens (tertiary/aromatic N) is 2. The fourth-order valence-electron chi connectivity index (χ4n) is 2.87. The Morgan fingerprint density at radius 3 is 2.61 bits per heavy atom. The molecule has 3 rings (SSSR count). The number of nitrogens with one attached hydrogen (secondary N) is 1. The van der Waals surface area contributed by atoms with Gasteiger partial charge in [0.15, 0.2) is 0 Å². The first-order valence-corrected chi connectivity index (χ1v) is 9.75. The highest BCUT2D eigenvalue weighted by Crippen LogP contribution is 2.26. The van der Waals surface area contributed by atoms with Crippen molar-refractivity contribution in [2.24, 2.45) is 5.92 Å². The lowest BCUT2D eigenvalue weighted by Gasteiger charge is -2.18. The summed E-state index contributed by atoms with van der Waals surface area (Å²) in [6, 6.07) is 15.2. The molecule has 0 aliphatic carbocycles. The Hall–Kier alpha value is -2.66. The quantitative estimate of drug-likeness (QED) is 0.599. The van der Waals surface area contributed by atoms with Crippen molar-refractivity contribution in [2.45, 2.75) is 39.7 Å². The number of rotatable bonds is 7. The maximum atomic E-state index is 12.4. The number of aromatic nitrogens is 2. The minimum atomic E-state index is -0.342. The fraction of sp³-hybridized carbons (Fsp3) is 0.318. The molecule has 28 heavy (non-hydrogen) atoms. The monoisotopic (exact) mass is 397 g/mol. The molecule has 0 aliphatic rings. The molecule has 1 atom stereocenters. The van der Waals surface area contributed by atoms with Gasteiger partial charge < -0.3 is 9.84 Å². The number of carbonyl (C=O) groups excluding carboxylic acids is 1. The molecule has 0 fully saturated rings. The molecule has 0 saturated heterocycles. The van der Waals surface area contributed by atoms with Crippen molar-refractivity contribution >= 4 is 17.5 Å². The first kappa shape index (κ1) is 20.1. The summed E-state index contributed by atoms with van der Waals surface area (Å²) in [6.45, 7) is 5.96. The standard InChI is InChI=1S/C22H24ClN3O2/c1-14(2)20(24-19(27)12-10-16-7-5-4-6-8-16)22-25-21(26-28-22)17-11-9-15(3)18(23)13-17/h4-9,11,13-14,20H,10,12H2,1-3H3,(H,24,27)/t20-/m1/s1. The zero-order valence-electron chi connectivity index (χ0n) is 16.3. The summed E-state index contributed by atoms with van der Waals surface area (Å²) in [5, 5.41) is 7.74. The number of hydrogen-bond acceptors (Lipinski definition) is 4. The molecule has 0 aliphatic heterocycles. The Kier molecular flexibility index (Phi) is 6.47. The van der Waals surface area contributed by atoms with Crippen molar-refractivity contribution in [1.82, 2.24) is 15.5 Å². The van der Waals surface area contributed by atoms with Gasteiger partial charge in [-0.05, 0) is 36.5 Å². The van der Waals surface area contributed by atoms with E-state index < -0.39 is 0 Å². The molecule has 1 amide bonds. The molecule has 0 spiro atoms. The number of benzene rings is 2. The van der Waals surface area contributed by atoms with Crippen molar-refractivity contribution in [1.29, 1.82) is 0 Å². The molecule has 1 heterocycles. The Balaban J connectivity index is 1.69. The van der Waals surface area contributed by atoms with E-state index >= 15 is 0 Å². The van der Waals surface area contributed by atoms with Crippen molar-refractivity contribution in [2.75, 3.05) is 0 Å². The molecule has 1 N–H and O–H groups in total. The molecule has 0 unspecified atom stereocenters. The van der Waals surface area contributed by atoms with Crippen molar-refractivity contribution in [3.63, 3.8) is 0 Å². The van der Waals surface area contributed by atoms with Crippen LogP contribution in [0.2, 0.25) is 5.02 Å². The van der Waals surface area contributed by atoms with E-state index in [2.05, 4.69) is 15.5 Å². The van der Waals surface area contributed by atoms with Crippen LogP contribution >= 0.6 is 11.6 Å². The van der Waals surface area contributed by atoms with Crippen LogP contribution in [-0.4, -0.2) is 16.0 Å². The summed E-state index contributed by atoms with van der Waals surface area (Å²) in [4.78, 5) is 16.9. The highest BCUT2D eigenvalue weighted by Gasteiger charge is 2.25. The van der Waals surface area contributed by atoms with Gasteiger partial charge in [-0.1, -0.05) is 73.1 Å². The van der Waals surface area contributed by atoms with Gasteiger partial charge in [-0.2, -0.15) is 4.98 Å². The number of aryl methyl sites for hydroxylation is 2. The predicted molar refractivity (Wildman–Crippen MR) is 110 cm³/mol. The van der Waals surface area contributed by atoms with Crippen molar-refractivity contribution in [3.05, 3.63) is 70.6 Å². The molecular formula is C22H24ClN3O2. The summed E-state index contributed by atoms with van der Waals surface area (Å²) < 4.78 is 5.46. The van der Waals surface area contributed by atoms with Crippen LogP contribution in [-0.2, 0) is 11.2 Å². The third kappa shape index (κ3) is 4.98. The number of carbonyl (C=O) groups is 1. The lowest BCUT2D eigenvalue weighted by molar-refractivity contribution is -0.122. The van der Waals surface area contributed by atoms with E-state index in [9.17, 15) is 4.79 Å². The van der Waals surface area contributed by atoms with E-state index in [4.69, 9.17) is 16.1 Å². The second-order valence-corrected chi connectivity index (χ2v) is 7.60. The second kappa shape index (κ2) is 9.02. The average molecular weight is 398 g/mol. The number of halogens is 1. The van der Waals surface area contributed by atoms with Gasteiger partial charge in [0.25, 0.3) is 0 Å². The summed E-state index contributed by atoms with van der Waals surface area (Å²) in [5.74, 6) is 0.923. The molecule has 146 valence electrons. The van der Waals surface area contributed by atoms with Gasteiger partial charge in [0.2, 0.25) is 17.6 Å². The van der Waals surface area contributed by atoms with E-state index in [-0.39, 0.29) is 17.9 Å². The molecule has 0 radical (unpaired) electrons. The molecule has 3 aromatic rings. The SMILES string of the molecule is Cc1ccc(-c2noc([C@H](NC(=O)CCc3ccccc3)C(C)C)n2)cc1Cl. The molecule has 1 aromatic heterocycles. The lowest BCUT2D eigenvalue weighted by atomic mass is 10.0. The highest BCUT2D eigenvalue weighted by atomic mass is 35.5. The molecular weight excluding hydrogens is 374 g/mol. The van der Waals surface area contributed by atoms with Crippen molar-refractivity contribution in [3.8, 4) is 11.4 Å². The molecule has 2 aromatic carbocycles. The van der Waals surface area contributed by atoms with Gasteiger partial charge in [0.05, 0.1) is 0 Å². The molecule has 5 nitrogen and oxygen atoms in total. The van der Waals surface area contributed by atoms with E-state index in [1.54, 1.807) is 0 Å². The Morgan fingerprint density at radius 2 is 1.93 bits per heavy atom. The van der Waals surface area contributed by atoms with Crippen LogP contribution in [0.3, 0.4) is 0 Å². The van der Waals surface area contributed by atoms with Gasteiger partial charge in [0, 0.05) is 17.0 Å². The van der Waals surface area contributed by atoms with Crippen LogP contribution in [0.5, 0.6) is 0 Å². The molecule has 0 saturated carbocycles. The van der Waals surface area contributed by atoms with Crippen LogP contribution in [0, 0.1) is 12.8 Å². The maximum absolute atomic E-state index is 12.4. The second-order valence-electron chi connectivity index (χ2n) is 7.19. The number of amides is 1. The zero-order valence-corrected chi connectivity index (χ0v) is 17.0. The summed E-state index contributed by atoms with van der Waals surface area (Å²) in [6.07, 6.45) is 1.09. The van der Waals surface area contributed by atoms with Crippen LogP contribution in [0.4, 0.5) is 0 Å². The minimum Gasteiger partial charge on any atom is -0.344 e. The van der Waals surface area contributed by atoms with Crippen molar-refractivity contribution < 1.29 is 9.32 Å². The summed E-state index contributed by atoms with van der Waals surface area (Å²) in [7, 11) is 0. The zero-order chi connectivity index (χ0) is 20.1. The fourth-order valence-corrected chi connectivity index (χ4v) is 3.05. The van der Waals surface area contributed by atoms with Gasteiger partial charge in [-0.25, -0.2) is 0 Å². The smallest absolute Gasteiger partial charge is 0.249 e. The largest absolute Gasteiger partial charge is 0.344 e. The topological polar surface area (TPSA) is 68.0 Å². The maximum Gasteiger partial charge on any atom is 0.249 e. The summed E-state index contributed by atoms with van der Waals surface area (Å²) >= 11 is 6.19. The first-order valence-electron chi connectivity index (χ1n) is 9.37. The first-order chi connectivity index (χ1) is 13.4. The Bertz CT molecular complexity index is 938. The summed E-state index contributed by atoms with van der Waals surface area (Å²) in [5.41, 5.74) is 2.90. The van der Waals surface area contributed by atoms with Gasteiger partial charge >= 0.3 is 0 Å².